The van der Waals surface area contributed by atoms with Crippen LogP contribution in [0.3, 0.4) is 0 Å². The van der Waals surface area contributed by atoms with Crippen molar-refractivity contribution in [2.75, 3.05) is 5.32 Å². The predicted octanol–water partition coefficient (Wildman–Crippen LogP) is 2.09. The van der Waals surface area contributed by atoms with E-state index in [-0.39, 0.29) is 11.5 Å². The van der Waals surface area contributed by atoms with Gasteiger partial charge in [-0.1, -0.05) is 25.6 Å². The molecule has 0 saturated carbocycles. The number of carbonyl (C=O) groups excluding carboxylic acids is 1. The van der Waals surface area contributed by atoms with Gasteiger partial charge in [-0.05, 0) is 6.07 Å². The van der Waals surface area contributed by atoms with Crippen molar-refractivity contribution in [3.63, 3.8) is 0 Å². The summed E-state index contributed by atoms with van der Waals surface area (Å²) in [4.78, 5) is 19.3. The molecule has 0 fully saturated rings. The highest BCUT2D eigenvalue weighted by Crippen LogP contribution is 2.19. The molecule has 6 nitrogen and oxygen atoms in total. The molecule has 8 heteroatoms. The second kappa shape index (κ2) is 5.79. The molecule has 100 valence electrons. The Kier molecular flexibility index (Phi) is 4.10. The highest BCUT2D eigenvalue weighted by Gasteiger charge is 2.11. The number of hydrogen-bond donors (Lipinski definition) is 2. The SMILES string of the molecule is CC(C)Sc1n[nH]c(NC(=O)c2ccnc(F)c2)n1. The minimum atomic E-state index is -0.707. The summed E-state index contributed by atoms with van der Waals surface area (Å²) in [5.74, 6) is -0.954. The maximum absolute atomic E-state index is 12.9. The van der Waals surface area contributed by atoms with Crippen molar-refractivity contribution >= 4 is 23.6 Å². The number of rotatable bonds is 4. The van der Waals surface area contributed by atoms with Crippen molar-refractivity contribution in [3.05, 3.63) is 29.8 Å². The van der Waals surface area contributed by atoms with E-state index in [9.17, 15) is 9.18 Å². The van der Waals surface area contributed by atoms with Crippen molar-refractivity contribution in [3.8, 4) is 0 Å². The second-order valence-electron chi connectivity index (χ2n) is 3.95. The first-order chi connectivity index (χ1) is 9.04. The number of carbonyl (C=O) groups is 1. The number of aromatic amines is 1. The number of nitrogens with one attached hydrogen (secondary N) is 2. The summed E-state index contributed by atoms with van der Waals surface area (Å²) in [5.41, 5.74) is 0.168. The van der Waals surface area contributed by atoms with Crippen LogP contribution in [0.5, 0.6) is 0 Å². The second-order valence-corrected chi connectivity index (χ2v) is 5.50. The molecule has 0 spiro atoms. The molecule has 2 heterocycles. The van der Waals surface area contributed by atoms with Gasteiger partial charge < -0.3 is 0 Å². The first-order valence-corrected chi connectivity index (χ1v) is 6.44. The number of anilines is 1. The van der Waals surface area contributed by atoms with Crippen LogP contribution >= 0.6 is 11.8 Å². The van der Waals surface area contributed by atoms with Gasteiger partial charge in [0.15, 0.2) is 0 Å². The Morgan fingerprint density at radius 1 is 1.53 bits per heavy atom. The molecular weight excluding hydrogens is 269 g/mol. The zero-order chi connectivity index (χ0) is 13.8. The molecule has 2 aromatic heterocycles. The summed E-state index contributed by atoms with van der Waals surface area (Å²) in [6.45, 7) is 4.03. The predicted molar refractivity (Wildman–Crippen MR) is 69.5 cm³/mol. The molecule has 2 rings (SSSR count). The smallest absolute Gasteiger partial charge is 0.258 e. The molecule has 2 aromatic rings. The summed E-state index contributed by atoms with van der Waals surface area (Å²) >= 11 is 1.47. The maximum Gasteiger partial charge on any atom is 0.258 e. The maximum atomic E-state index is 12.9. The number of hydrogen-bond acceptors (Lipinski definition) is 5. The zero-order valence-corrected chi connectivity index (χ0v) is 11.2. The van der Waals surface area contributed by atoms with E-state index in [2.05, 4.69) is 25.5 Å². The monoisotopic (exact) mass is 281 g/mol. The van der Waals surface area contributed by atoms with E-state index >= 15 is 0 Å². The van der Waals surface area contributed by atoms with Gasteiger partial charge >= 0.3 is 0 Å². The minimum absolute atomic E-state index is 0.168. The Bertz CT molecular complexity index is 586. The van der Waals surface area contributed by atoms with Crippen LogP contribution in [-0.4, -0.2) is 31.3 Å². The van der Waals surface area contributed by atoms with Gasteiger partial charge in [-0.3, -0.25) is 10.1 Å². The first kappa shape index (κ1) is 13.5. The summed E-state index contributed by atoms with van der Waals surface area (Å²) in [5, 5.41) is 9.94. The van der Waals surface area contributed by atoms with E-state index < -0.39 is 11.9 Å². The molecule has 2 N–H and O–H groups in total. The topological polar surface area (TPSA) is 83.6 Å². The molecular formula is C11H12FN5OS. The Labute approximate surface area is 113 Å². The van der Waals surface area contributed by atoms with Crippen LogP contribution in [0.15, 0.2) is 23.5 Å². The van der Waals surface area contributed by atoms with E-state index in [4.69, 9.17) is 0 Å². The fourth-order valence-corrected chi connectivity index (χ4v) is 1.95. The fourth-order valence-electron chi connectivity index (χ4n) is 1.29. The third kappa shape index (κ3) is 3.75. The van der Waals surface area contributed by atoms with Crippen LogP contribution in [0.4, 0.5) is 10.3 Å². The Morgan fingerprint density at radius 2 is 2.32 bits per heavy atom. The van der Waals surface area contributed by atoms with Crippen LogP contribution in [-0.2, 0) is 0 Å². The fraction of sp³-hybridized carbons (Fsp3) is 0.273. The molecule has 1 amide bonds. The highest BCUT2D eigenvalue weighted by molar-refractivity contribution is 7.99. The van der Waals surface area contributed by atoms with Gasteiger partial charge in [-0.25, -0.2) is 10.1 Å². The van der Waals surface area contributed by atoms with Crippen LogP contribution in [0, 0.1) is 5.95 Å². The largest absolute Gasteiger partial charge is 0.291 e. The van der Waals surface area contributed by atoms with E-state index in [1.54, 1.807) is 0 Å². The Balaban J connectivity index is 2.05. The lowest BCUT2D eigenvalue weighted by atomic mass is 10.2. The van der Waals surface area contributed by atoms with Crippen LogP contribution in [0.1, 0.15) is 24.2 Å². The quantitative estimate of drug-likeness (QED) is 0.662. The zero-order valence-electron chi connectivity index (χ0n) is 10.3. The van der Waals surface area contributed by atoms with E-state index in [0.717, 1.165) is 6.07 Å². The molecule has 19 heavy (non-hydrogen) atoms. The lowest BCUT2D eigenvalue weighted by Crippen LogP contribution is -2.13. The minimum Gasteiger partial charge on any atom is -0.291 e. The van der Waals surface area contributed by atoms with Gasteiger partial charge in [-0.15, -0.1) is 5.10 Å². The van der Waals surface area contributed by atoms with Gasteiger partial charge in [-0.2, -0.15) is 9.37 Å². The number of pyridine rings is 1. The van der Waals surface area contributed by atoms with Gasteiger partial charge in [0.1, 0.15) is 0 Å². The van der Waals surface area contributed by atoms with Crippen LogP contribution < -0.4 is 5.32 Å². The third-order valence-electron chi connectivity index (χ3n) is 2.03. The molecule has 0 unspecified atom stereocenters. The molecule has 0 atom stereocenters. The van der Waals surface area contributed by atoms with E-state index in [1.165, 1.54) is 24.0 Å². The molecule has 0 bridgehead atoms. The van der Waals surface area contributed by atoms with Gasteiger partial charge in [0.05, 0.1) is 0 Å². The third-order valence-corrected chi connectivity index (χ3v) is 2.89. The molecule has 0 aliphatic carbocycles. The summed E-state index contributed by atoms with van der Waals surface area (Å²) < 4.78 is 12.9. The average molecular weight is 281 g/mol. The van der Waals surface area contributed by atoms with Crippen molar-refractivity contribution in [1.29, 1.82) is 0 Å². The number of thioether (sulfide) groups is 1. The number of amides is 1. The summed E-state index contributed by atoms with van der Waals surface area (Å²) in [7, 11) is 0. The van der Waals surface area contributed by atoms with Gasteiger partial charge in [0.2, 0.25) is 17.1 Å². The standard InChI is InChI=1S/C11H12FN5OS/c1-6(2)19-11-15-10(16-17-11)14-9(18)7-3-4-13-8(12)5-7/h3-6H,1-2H3,(H2,14,15,16,17,18). The van der Waals surface area contributed by atoms with Gasteiger partial charge in [0.25, 0.3) is 5.91 Å². The normalized spacial score (nSPS) is 10.7. The summed E-state index contributed by atoms with van der Waals surface area (Å²) in [6.07, 6.45) is 1.23. The molecule has 0 aromatic carbocycles. The van der Waals surface area contributed by atoms with Crippen molar-refractivity contribution in [2.24, 2.45) is 0 Å². The van der Waals surface area contributed by atoms with Gasteiger partial charge in [0, 0.05) is 23.1 Å². The van der Waals surface area contributed by atoms with E-state index in [0.29, 0.717) is 10.4 Å². The first-order valence-electron chi connectivity index (χ1n) is 5.56. The number of H-pyrrole nitrogens is 1. The lowest BCUT2D eigenvalue weighted by molar-refractivity contribution is 0.102. The summed E-state index contributed by atoms with van der Waals surface area (Å²) in [6, 6.07) is 2.47. The number of aromatic nitrogens is 4. The lowest BCUT2D eigenvalue weighted by Gasteiger charge is -2.00. The Morgan fingerprint density at radius 3 is 3.00 bits per heavy atom. The molecule has 0 saturated heterocycles. The Hall–Kier alpha value is -1.96. The molecule has 0 aliphatic rings. The van der Waals surface area contributed by atoms with Crippen molar-refractivity contribution in [2.45, 2.75) is 24.3 Å². The molecule has 0 radical (unpaired) electrons. The van der Waals surface area contributed by atoms with Crippen LogP contribution in [0.2, 0.25) is 0 Å². The van der Waals surface area contributed by atoms with Crippen LogP contribution in [0.25, 0.3) is 0 Å². The molecule has 0 aliphatic heterocycles. The number of halogens is 1. The van der Waals surface area contributed by atoms with E-state index in [1.807, 2.05) is 13.8 Å². The number of nitrogens with zero attached hydrogens (tertiary/aromatic N) is 3. The highest BCUT2D eigenvalue weighted by atomic mass is 32.2. The van der Waals surface area contributed by atoms with Crippen molar-refractivity contribution < 1.29 is 9.18 Å². The average Bonchev–Trinajstić information content (AvgIpc) is 2.75. The van der Waals surface area contributed by atoms with Crippen molar-refractivity contribution in [1.82, 2.24) is 20.2 Å².